The van der Waals surface area contributed by atoms with E-state index in [2.05, 4.69) is 21.7 Å². The van der Waals surface area contributed by atoms with Crippen LogP contribution in [-0.4, -0.2) is 97.3 Å². The van der Waals surface area contributed by atoms with Crippen LogP contribution in [0.4, 0.5) is 11.6 Å². The van der Waals surface area contributed by atoms with Crippen LogP contribution in [0, 0.1) is 0 Å². The van der Waals surface area contributed by atoms with Gasteiger partial charge in [-0.3, -0.25) is 9.36 Å². The molecule has 0 saturated carbocycles. The first kappa shape index (κ1) is 25.4. The predicted molar refractivity (Wildman–Crippen MR) is 156 cm³/mol. The van der Waals surface area contributed by atoms with Crippen molar-refractivity contribution in [1.82, 2.24) is 39.0 Å². The molecule has 12 nitrogen and oxygen atoms in total. The maximum Gasteiger partial charge on any atom is 0.290 e. The van der Waals surface area contributed by atoms with E-state index in [4.69, 9.17) is 24.7 Å². The van der Waals surface area contributed by atoms with Gasteiger partial charge >= 0.3 is 0 Å². The van der Waals surface area contributed by atoms with Crippen LogP contribution in [0.5, 0.6) is 0 Å². The molecule has 2 aliphatic rings. The molecule has 4 aromatic heterocycles. The average molecular weight is 553 g/mol. The molecule has 0 radical (unpaired) electrons. The smallest absolute Gasteiger partial charge is 0.290 e. The van der Waals surface area contributed by atoms with Crippen LogP contribution in [0.25, 0.3) is 28.1 Å². The van der Waals surface area contributed by atoms with Gasteiger partial charge in [-0.15, -0.1) is 0 Å². The number of piperazine rings is 1. The van der Waals surface area contributed by atoms with E-state index in [0.29, 0.717) is 81.2 Å². The fourth-order valence-corrected chi connectivity index (χ4v) is 5.68. The number of amides is 1. The van der Waals surface area contributed by atoms with Gasteiger partial charge in [0.2, 0.25) is 11.8 Å². The third kappa shape index (κ3) is 4.44. The summed E-state index contributed by atoms with van der Waals surface area (Å²) in [4.78, 5) is 44.3. The second kappa shape index (κ2) is 10.4. The van der Waals surface area contributed by atoms with Gasteiger partial charge in [0, 0.05) is 58.9 Å². The number of hydrogen-bond donors (Lipinski definition) is 0. The average Bonchev–Trinajstić information content (AvgIpc) is 3.58. The Labute approximate surface area is 237 Å². The SMILES string of the molecule is CCc1nc2ccccc2n1-c1nc(N2CCOCC2)c2nc(C(=O)N3CCN(c4ccccn4)CC3)n(C)c2n1. The molecule has 0 aliphatic carbocycles. The molecule has 0 N–H and O–H groups in total. The largest absolute Gasteiger partial charge is 0.378 e. The fourth-order valence-electron chi connectivity index (χ4n) is 5.68. The van der Waals surface area contributed by atoms with E-state index in [1.165, 1.54) is 0 Å². The lowest BCUT2D eigenvalue weighted by Crippen LogP contribution is -2.49. The number of imidazole rings is 2. The van der Waals surface area contributed by atoms with Gasteiger partial charge in [-0.25, -0.2) is 15.0 Å². The lowest BCUT2D eigenvalue weighted by Gasteiger charge is -2.35. The zero-order valence-electron chi connectivity index (χ0n) is 23.3. The molecule has 0 unspecified atom stereocenters. The van der Waals surface area contributed by atoms with Gasteiger partial charge in [0.1, 0.15) is 11.6 Å². The first-order valence-corrected chi connectivity index (χ1v) is 14.1. The number of rotatable bonds is 5. The number of carbonyl (C=O) groups excluding carboxylic acids is 1. The van der Waals surface area contributed by atoms with Gasteiger partial charge < -0.3 is 24.0 Å². The Kier molecular flexibility index (Phi) is 6.46. The van der Waals surface area contributed by atoms with E-state index in [1.807, 2.05) is 63.5 Å². The molecule has 1 amide bonds. The standard InChI is InChI=1S/C29H32N10O2/c1-3-22-31-20-8-4-5-9-21(20)39(22)29-33-25-24(26(34-29)37-16-18-41-19-17-37)32-27(35(25)2)28(40)38-14-12-36(13-15-38)23-10-6-7-11-30-23/h4-11H,3,12-19H2,1-2H3. The van der Waals surface area contributed by atoms with Gasteiger partial charge in [-0.2, -0.15) is 9.97 Å². The topological polar surface area (TPSA) is 110 Å². The highest BCUT2D eigenvalue weighted by Gasteiger charge is 2.29. The van der Waals surface area contributed by atoms with Crippen LogP contribution >= 0.6 is 0 Å². The number of anilines is 2. The minimum atomic E-state index is -0.108. The van der Waals surface area contributed by atoms with Crippen molar-refractivity contribution in [2.45, 2.75) is 13.3 Å². The summed E-state index contributed by atoms with van der Waals surface area (Å²) in [5.74, 6) is 3.29. The fraction of sp³-hybridized carbons (Fsp3) is 0.379. The molecular weight excluding hydrogens is 520 g/mol. The molecule has 0 atom stereocenters. The molecule has 5 aromatic rings. The summed E-state index contributed by atoms with van der Waals surface area (Å²) in [6.07, 6.45) is 2.52. The summed E-state index contributed by atoms with van der Waals surface area (Å²) in [5.41, 5.74) is 3.08. The number of aromatic nitrogens is 7. The third-order valence-electron chi connectivity index (χ3n) is 7.88. The highest BCUT2D eigenvalue weighted by Crippen LogP contribution is 2.29. The van der Waals surface area contributed by atoms with Gasteiger partial charge in [0.25, 0.3) is 5.91 Å². The highest BCUT2D eigenvalue weighted by molar-refractivity contribution is 5.96. The van der Waals surface area contributed by atoms with Crippen LogP contribution in [0.15, 0.2) is 48.7 Å². The Bertz CT molecular complexity index is 1720. The normalized spacial score (nSPS) is 16.2. The zero-order valence-corrected chi connectivity index (χ0v) is 23.3. The maximum atomic E-state index is 13.8. The summed E-state index contributed by atoms with van der Waals surface area (Å²) in [7, 11) is 1.86. The van der Waals surface area contributed by atoms with Crippen molar-refractivity contribution in [2.24, 2.45) is 7.05 Å². The number of pyridine rings is 1. The molecule has 6 heterocycles. The van der Waals surface area contributed by atoms with E-state index < -0.39 is 0 Å². The molecule has 210 valence electrons. The van der Waals surface area contributed by atoms with E-state index in [-0.39, 0.29) is 5.91 Å². The Balaban J connectivity index is 1.29. The minimum absolute atomic E-state index is 0.108. The highest BCUT2D eigenvalue weighted by atomic mass is 16.5. The van der Waals surface area contributed by atoms with Crippen LogP contribution in [0.2, 0.25) is 0 Å². The number of benzene rings is 1. The number of para-hydroxylation sites is 2. The molecule has 1 aromatic carbocycles. The van der Waals surface area contributed by atoms with Crippen molar-refractivity contribution in [2.75, 3.05) is 62.3 Å². The molecular formula is C29H32N10O2. The second-order valence-electron chi connectivity index (χ2n) is 10.3. The number of carbonyl (C=O) groups is 1. The quantitative estimate of drug-likeness (QED) is 0.325. The van der Waals surface area contributed by atoms with Gasteiger partial charge in [0.05, 0.1) is 24.2 Å². The zero-order chi connectivity index (χ0) is 27.9. The number of morpholine rings is 1. The molecule has 0 bridgehead atoms. The van der Waals surface area contributed by atoms with E-state index in [1.54, 1.807) is 6.20 Å². The Morgan fingerprint density at radius 3 is 2.41 bits per heavy atom. The number of aryl methyl sites for hydroxylation is 2. The molecule has 7 rings (SSSR count). The van der Waals surface area contributed by atoms with Gasteiger partial charge in [0.15, 0.2) is 17.0 Å². The van der Waals surface area contributed by atoms with Crippen LogP contribution in [0.3, 0.4) is 0 Å². The summed E-state index contributed by atoms with van der Waals surface area (Å²) in [5, 5.41) is 0. The predicted octanol–water partition coefficient (Wildman–Crippen LogP) is 2.46. The lowest BCUT2D eigenvalue weighted by molar-refractivity contribution is 0.0731. The molecule has 12 heteroatoms. The molecule has 2 saturated heterocycles. The van der Waals surface area contributed by atoms with E-state index >= 15 is 0 Å². The van der Waals surface area contributed by atoms with E-state index in [0.717, 1.165) is 29.1 Å². The van der Waals surface area contributed by atoms with Crippen molar-refractivity contribution >= 4 is 39.7 Å². The summed E-state index contributed by atoms with van der Waals surface area (Å²) < 4.78 is 9.45. The van der Waals surface area contributed by atoms with Crippen molar-refractivity contribution in [1.29, 1.82) is 0 Å². The van der Waals surface area contributed by atoms with Crippen LogP contribution in [-0.2, 0) is 18.2 Å². The van der Waals surface area contributed by atoms with Crippen molar-refractivity contribution in [3.05, 3.63) is 60.3 Å². The molecule has 41 heavy (non-hydrogen) atoms. The molecule has 2 aliphatic heterocycles. The van der Waals surface area contributed by atoms with Crippen molar-refractivity contribution < 1.29 is 9.53 Å². The lowest BCUT2D eigenvalue weighted by atomic mass is 10.3. The Morgan fingerprint density at radius 2 is 1.66 bits per heavy atom. The summed E-state index contributed by atoms with van der Waals surface area (Å²) >= 11 is 0. The van der Waals surface area contributed by atoms with Gasteiger partial charge in [-0.1, -0.05) is 25.1 Å². The summed E-state index contributed by atoms with van der Waals surface area (Å²) in [6, 6.07) is 13.9. The Morgan fingerprint density at radius 1 is 0.878 bits per heavy atom. The minimum Gasteiger partial charge on any atom is -0.378 e. The third-order valence-corrected chi connectivity index (χ3v) is 7.88. The number of nitrogens with zero attached hydrogens (tertiary/aromatic N) is 10. The first-order chi connectivity index (χ1) is 20.1. The maximum absolute atomic E-state index is 13.8. The number of ether oxygens (including phenoxy) is 1. The van der Waals surface area contributed by atoms with Crippen LogP contribution in [0.1, 0.15) is 23.4 Å². The Hall–Kier alpha value is -4.58. The van der Waals surface area contributed by atoms with Crippen molar-refractivity contribution in [3.8, 4) is 5.95 Å². The first-order valence-electron chi connectivity index (χ1n) is 14.1. The second-order valence-corrected chi connectivity index (χ2v) is 10.3. The molecule has 2 fully saturated rings. The van der Waals surface area contributed by atoms with Gasteiger partial charge in [-0.05, 0) is 24.3 Å². The van der Waals surface area contributed by atoms with Crippen molar-refractivity contribution in [3.63, 3.8) is 0 Å². The van der Waals surface area contributed by atoms with Crippen LogP contribution < -0.4 is 9.80 Å². The number of fused-ring (bicyclic) bond motifs is 2. The number of hydrogen-bond acceptors (Lipinski definition) is 9. The monoisotopic (exact) mass is 552 g/mol. The summed E-state index contributed by atoms with van der Waals surface area (Å²) in [6.45, 7) is 7.26. The molecule has 0 spiro atoms. The van der Waals surface area contributed by atoms with E-state index in [9.17, 15) is 4.79 Å².